The van der Waals surface area contributed by atoms with E-state index in [-0.39, 0.29) is 18.2 Å². The second-order valence-electron chi connectivity index (χ2n) is 5.50. The molecule has 1 N–H and O–H groups in total. The summed E-state index contributed by atoms with van der Waals surface area (Å²) in [6.45, 7) is 0.0743. The molecule has 0 fully saturated rings. The number of carbonyl (C=O) groups is 1. The van der Waals surface area contributed by atoms with Crippen molar-refractivity contribution in [2.45, 2.75) is 0 Å². The van der Waals surface area contributed by atoms with E-state index in [1.807, 2.05) is 30.3 Å². The van der Waals surface area contributed by atoms with Gasteiger partial charge in [-0.1, -0.05) is 35.5 Å². The van der Waals surface area contributed by atoms with Gasteiger partial charge < -0.3 is 9.84 Å². The van der Waals surface area contributed by atoms with Gasteiger partial charge in [-0.25, -0.2) is 8.42 Å². The Morgan fingerprint density at radius 3 is 2.62 bits per heavy atom. The van der Waals surface area contributed by atoms with Crippen LogP contribution in [0.2, 0.25) is 0 Å². The van der Waals surface area contributed by atoms with Gasteiger partial charge >= 0.3 is 0 Å². The fourth-order valence-electron chi connectivity index (χ4n) is 2.33. The molecule has 0 unspecified atom stereocenters. The maximum atomic E-state index is 12.2. The number of nitrogens with zero attached hydrogens (tertiary/aromatic N) is 1. The minimum atomic E-state index is -3.11. The minimum absolute atomic E-state index is 0.0743. The lowest BCUT2D eigenvalue weighted by molar-refractivity contribution is 0.0956. The third kappa shape index (κ3) is 3.62. The Hall–Kier alpha value is -2.67. The Morgan fingerprint density at radius 2 is 1.92 bits per heavy atom. The highest BCUT2D eigenvalue weighted by Crippen LogP contribution is 2.29. The fourth-order valence-corrected chi connectivity index (χ4v) is 2.81. The van der Waals surface area contributed by atoms with Crippen molar-refractivity contribution in [2.75, 3.05) is 18.6 Å². The lowest BCUT2D eigenvalue weighted by Gasteiger charge is -2.04. The van der Waals surface area contributed by atoms with Gasteiger partial charge in [0.25, 0.3) is 5.91 Å². The quantitative estimate of drug-likeness (QED) is 0.767. The number of carbonyl (C=O) groups excluding carboxylic acids is 1. The number of amides is 1. The van der Waals surface area contributed by atoms with Crippen molar-refractivity contribution < 1.29 is 17.7 Å². The molecule has 0 spiro atoms. The van der Waals surface area contributed by atoms with Gasteiger partial charge in [-0.3, -0.25) is 4.79 Å². The van der Waals surface area contributed by atoms with Crippen molar-refractivity contribution in [1.29, 1.82) is 0 Å². The molecule has 0 atom stereocenters. The van der Waals surface area contributed by atoms with Crippen LogP contribution in [0, 0.1) is 0 Å². The second kappa shape index (κ2) is 6.45. The number of hydrogen-bond donors (Lipinski definition) is 1. The molecule has 24 heavy (non-hydrogen) atoms. The maximum absolute atomic E-state index is 12.2. The highest BCUT2D eigenvalue weighted by atomic mass is 32.2. The lowest BCUT2D eigenvalue weighted by atomic mass is 10.1. The molecule has 0 saturated heterocycles. The average molecular weight is 344 g/mol. The zero-order valence-electron chi connectivity index (χ0n) is 13.0. The van der Waals surface area contributed by atoms with Crippen molar-refractivity contribution in [3.63, 3.8) is 0 Å². The van der Waals surface area contributed by atoms with Crippen LogP contribution in [0.5, 0.6) is 0 Å². The van der Waals surface area contributed by atoms with E-state index in [0.29, 0.717) is 16.8 Å². The molecule has 0 aliphatic carbocycles. The van der Waals surface area contributed by atoms with Crippen LogP contribution < -0.4 is 5.32 Å². The van der Waals surface area contributed by atoms with E-state index in [0.717, 1.165) is 17.2 Å². The van der Waals surface area contributed by atoms with Gasteiger partial charge in [0.15, 0.2) is 5.76 Å². The molecule has 6 nitrogen and oxygen atoms in total. The van der Waals surface area contributed by atoms with Gasteiger partial charge in [-0.05, 0) is 18.2 Å². The van der Waals surface area contributed by atoms with Crippen LogP contribution in [-0.2, 0) is 9.84 Å². The summed E-state index contributed by atoms with van der Waals surface area (Å²) in [5.41, 5.74) is 1.95. The summed E-state index contributed by atoms with van der Waals surface area (Å²) in [6, 6.07) is 14.5. The Labute approximate surface area is 139 Å². The number of aromatic nitrogens is 1. The van der Waals surface area contributed by atoms with E-state index in [9.17, 15) is 13.2 Å². The van der Waals surface area contributed by atoms with Crippen LogP contribution in [0.4, 0.5) is 0 Å². The van der Waals surface area contributed by atoms with Crippen molar-refractivity contribution >= 4 is 26.6 Å². The number of hydrogen-bond acceptors (Lipinski definition) is 5. The van der Waals surface area contributed by atoms with E-state index in [1.54, 1.807) is 18.2 Å². The first-order valence-electron chi connectivity index (χ1n) is 7.35. The molecule has 124 valence electrons. The molecule has 7 heteroatoms. The van der Waals surface area contributed by atoms with Gasteiger partial charge in [0.1, 0.15) is 15.4 Å². The Morgan fingerprint density at radius 1 is 1.17 bits per heavy atom. The zero-order chi connectivity index (χ0) is 17.2. The van der Waals surface area contributed by atoms with Crippen LogP contribution in [0.15, 0.2) is 53.1 Å². The number of sulfone groups is 1. The third-order valence-corrected chi connectivity index (χ3v) is 4.48. The van der Waals surface area contributed by atoms with Gasteiger partial charge in [0.05, 0.1) is 11.1 Å². The predicted molar refractivity (Wildman–Crippen MR) is 91.5 cm³/mol. The number of benzene rings is 2. The summed E-state index contributed by atoms with van der Waals surface area (Å²) in [7, 11) is -3.11. The first kappa shape index (κ1) is 16.2. The van der Waals surface area contributed by atoms with Crippen LogP contribution in [0.1, 0.15) is 10.4 Å². The molecule has 0 aliphatic rings. The van der Waals surface area contributed by atoms with Gasteiger partial charge in [-0.15, -0.1) is 0 Å². The van der Waals surface area contributed by atoms with E-state index in [4.69, 9.17) is 4.52 Å². The summed E-state index contributed by atoms with van der Waals surface area (Å²) in [6.07, 6.45) is 1.13. The van der Waals surface area contributed by atoms with Crippen molar-refractivity contribution in [2.24, 2.45) is 0 Å². The van der Waals surface area contributed by atoms with Gasteiger partial charge in [-0.2, -0.15) is 0 Å². The smallest absolute Gasteiger partial charge is 0.251 e. The van der Waals surface area contributed by atoms with Crippen LogP contribution >= 0.6 is 0 Å². The third-order valence-electron chi connectivity index (χ3n) is 3.53. The molecule has 3 aromatic rings. The Balaban J connectivity index is 1.86. The SMILES string of the molecule is CS(=O)(=O)CCNC(=O)c1ccc2noc(-c3ccccc3)c2c1. The van der Waals surface area contributed by atoms with E-state index in [1.165, 1.54) is 0 Å². The normalized spacial score (nSPS) is 11.5. The van der Waals surface area contributed by atoms with Crippen LogP contribution in [0.25, 0.3) is 22.2 Å². The standard InChI is InChI=1S/C17H16N2O4S/c1-24(21,22)10-9-18-17(20)13-7-8-15-14(11-13)16(23-19-15)12-5-3-2-4-6-12/h2-8,11H,9-10H2,1H3,(H,18,20). The summed E-state index contributed by atoms with van der Waals surface area (Å²) >= 11 is 0. The second-order valence-corrected chi connectivity index (χ2v) is 7.76. The highest BCUT2D eigenvalue weighted by Gasteiger charge is 2.14. The van der Waals surface area contributed by atoms with E-state index >= 15 is 0 Å². The average Bonchev–Trinajstić information content (AvgIpc) is 2.97. The molecule has 3 rings (SSSR count). The topological polar surface area (TPSA) is 89.3 Å². The largest absolute Gasteiger partial charge is 0.355 e. The molecule has 1 heterocycles. The monoisotopic (exact) mass is 344 g/mol. The fraction of sp³-hybridized carbons (Fsp3) is 0.176. The van der Waals surface area contributed by atoms with Gasteiger partial charge in [0.2, 0.25) is 0 Å². The van der Waals surface area contributed by atoms with Crippen LogP contribution in [-0.4, -0.2) is 38.0 Å². The van der Waals surface area contributed by atoms with Crippen molar-refractivity contribution in [3.8, 4) is 11.3 Å². The van der Waals surface area contributed by atoms with Crippen molar-refractivity contribution in [1.82, 2.24) is 10.5 Å². The minimum Gasteiger partial charge on any atom is -0.355 e. The number of nitrogens with one attached hydrogen (secondary N) is 1. The van der Waals surface area contributed by atoms with Gasteiger partial charge in [0, 0.05) is 23.9 Å². The highest BCUT2D eigenvalue weighted by molar-refractivity contribution is 7.90. The van der Waals surface area contributed by atoms with E-state index < -0.39 is 9.84 Å². The zero-order valence-corrected chi connectivity index (χ0v) is 13.8. The molecule has 0 radical (unpaired) electrons. The molecule has 1 amide bonds. The summed E-state index contributed by atoms with van der Waals surface area (Å²) in [5.74, 6) is 0.168. The number of rotatable bonds is 5. The van der Waals surface area contributed by atoms with Crippen molar-refractivity contribution in [3.05, 3.63) is 54.1 Å². The predicted octanol–water partition coefficient (Wildman–Crippen LogP) is 2.27. The van der Waals surface area contributed by atoms with Crippen LogP contribution in [0.3, 0.4) is 0 Å². The first-order chi connectivity index (χ1) is 11.4. The maximum Gasteiger partial charge on any atom is 0.251 e. The molecule has 0 saturated carbocycles. The first-order valence-corrected chi connectivity index (χ1v) is 9.41. The molecule has 0 bridgehead atoms. The van der Waals surface area contributed by atoms with E-state index in [2.05, 4.69) is 10.5 Å². The molecule has 1 aromatic heterocycles. The lowest BCUT2D eigenvalue weighted by Crippen LogP contribution is -2.28. The summed E-state index contributed by atoms with van der Waals surface area (Å²) in [5, 5.41) is 7.34. The summed E-state index contributed by atoms with van der Waals surface area (Å²) < 4.78 is 27.6. The Kier molecular flexibility index (Phi) is 4.35. The number of fused-ring (bicyclic) bond motifs is 1. The molecule has 0 aliphatic heterocycles. The molecule has 2 aromatic carbocycles. The Bertz CT molecular complexity index is 978. The summed E-state index contributed by atoms with van der Waals surface area (Å²) in [4.78, 5) is 12.2. The molecular formula is C17H16N2O4S. The molecular weight excluding hydrogens is 328 g/mol.